The number of halogens is 3. The Kier molecular flexibility index (Phi) is 10.7. The van der Waals surface area contributed by atoms with E-state index in [4.69, 9.17) is 4.74 Å². The van der Waals surface area contributed by atoms with Gasteiger partial charge in [-0.3, -0.25) is 4.99 Å². The monoisotopic (exact) mass is 489 g/mol. The average Bonchev–Trinajstić information content (AvgIpc) is 2.67. The van der Waals surface area contributed by atoms with Crippen molar-refractivity contribution in [1.29, 1.82) is 0 Å². The van der Waals surface area contributed by atoms with Crippen molar-refractivity contribution < 1.29 is 13.5 Å². The molecule has 0 aliphatic rings. The van der Waals surface area contributed by atoms with Crippen LogP contribution in [0.2, 0.25) is 0 Å². The highest BCUT2D eigenvalue weighted by atomic mass is 127. The highest BCUT2D eigenvalue weighted by Gasteiger charge is 2.07. The molecule has 0 spiro atoms. The van der Waals surface area contributed by atoms with Crippen molar-refractivity contribution in [3.63, 3.8) is 0 Å². The summed E-state index contributed by atoms with van der Waals surface area (Å²) in [7, 11) is 1.71. The maximum atomic E-state index is 12.2. The van der Waals surface area contributed by atoms with Crippen LogP contribution in [0.3, 0.4) is 0 Å². The molecule has 4 nitrogen and oxygen atoms in total. The molecule has 0 fully saturated rings. The van der Waals surface area contributed by atoms with E-state index in [0.717, 1.165) is 12.1 Å². The molecule has 2 N–H and O–H groups in total. The molecular formula is C20H26F2IN3O. The predicted molar refractivity (Wildman–Crippen MR) is 116 cm³/mol. The van der Waals surface area contributed by atoms with E-state index in [1.807, 2.05) is 24.3 Å². The van der Waals surface area contributed by atoms with Crippen molar-refractivity contribution in [2.45, 2.75) is 25.8 Å². The largest absolute Gasteiger partial charge is 0.488 e. The van der Waals surface area contributed by atoms with Crippen LogP contribution in [-0.4, -0.2) is 32.6 Å². The van der Waals surface area contributed by atoms with Gasteiger partial charge in [0.15, 0.2) is 5.96 Å². The molecule has 0 aliphatic heterocycles. The van der Waals surface area contributed by atoms with Crippen LogP contribution in [0, 0.1) is 0 Å². The number of aliphatic imine (C=N–C) groups is 1. The average molecular weight is 489 g/mol. The Morgan fingerprint density at radius 2 is 1.81 bits per heavy atom. The molecule has 148 valence electrons. The van der Waals surface area contributed by atoms with E-state index >= 15 is 0 Å². The van der Waals surface area contributed by atoms with E-state index in [1.54, 1.807) is 25.2 Å². The first-order valence-electron chi connectivity index (χ1n) is 8.58. The van der Waals surface area contributed by atoms with Crippen LogP contribution in [0.5, 0.6) is 5.75 Å². The quantitative estimate of drug-likeness (QED) is 0.328. The molecule has 2 aromatic rings. The number of hydrogen-bond acceptors (Lipinski definition) is 2. The summed E-state index contributed by atoms with van der Waals surface area (Å²) in [5.74, 6) is 1.47. The van der Waals surface area contributed by atoms with Crippen LogP contribution < -0.4 is 15.4 Å². The van der Waals surface area contributed by atoms with Crippen LogP contribution in [0.15, 0.2) is 59.6 Å². The molecule has 0 saturated carbocycles. The molecule has 0 heterocycles. The van der Waals surface area contributed by atoms with Gasteiger partial charge in [-0.1, -0.05) is 49.4 Å². The molecule has 0 bridgehead atoms. The van der Waals surface area contributed by atoms with Crippen LogP contribution in [0.25, 0.3) is 0 Å². The number of ether oxygens (including phenoxy) is 1. The zero-order chi connectivity index (χ0) is 18.8. The molecule has 0 amide bonds. The Morgan fingerprint density at radius 3 is 2.48 bits per heavy atom. The van der Waals surface area contributed by atoms with Gasteiger partial charge in [0.25, 0.3) is 6.43 Å². The van der Waals surface area contributed by atoms with Gasteiger partial charge >= 0.3 is 0 Å². The normalized spacial score (nSPS) is 12.3. The molecule has 7 heteroatoms. The van der Waals surface area contributed by atoms with Gasteiger partial charge in [-0.15, -0.1) is 24.0 Å². The lowest BCUT2D eigenvalue weighted by Gasteiger charge is -2.16. The lowest BCUT2D eigenvalue weighted by atomic mass is 10.0. The second-order valence-corrected chi connectivity index (χ2v) is 5.97. The summed E-state index contributed by atoms with van der Waals surface area (Å²) >= 11 is 0. The maximum absolute atomic E-state index is 12.2. The van der Waals surface area contributed by atoms with Gasteiger partial charge in [-0.05, 0) is 29.2 Å². The second-order valence-electron chi connectivity index (χ2n) is 5.97. The van der Waals surface area contributed by atoms with Crippen molar-refractivity contribution in [3.05, 3.63) is 65.7 Å². The molecule has 0 saturated heterocycles. The number of nitrogens with zero attached hydrogens (tertiary/aromatic N) is 1. The Balaban J connectivity index is 0.00000364. The summed E-state index contributed by atoms with van der Waals surface area (Å²) < 4.78 is 29.5. The smallest absolute Gasteiger partial charge is 0.272 e. The Hall–Kier alpha value is -1.90. The third kappa shape index (κ3) is 8.55. The van der Waals surface area contributed by atoms with E-state index < -0.39 is 13.0 Å². The maximum Gasteiger partial charge on any atom is 0.272 e. The van der Waals surface area contributed by atoms with Crippen molar-refractivity contribution in [2.75, 3.05) is 20.2 Å². The van der Waals surface area contributed by atoms with E-state index in [1.165, 1.54) is 5.56 Å². The fourth-order valence-electron chi connectivity index (χ4n) is 2.46. The molecule has 0 aromatic heterocycles. The number of rotatable bonds is 8. The zero-order valence-electron chi connectivity index (χ0n) is 15.5. The minimum Gasteiger partial charge on any atom is -0.488 e. The first-order chi connectivity index (χ1) is 12.6. The summed E-state index contributed by atoms with van der Waals surface area (Å²) in [6.45, 7) is 2.82. The van der Waals surface area contributed by atoms with Gasteiger partial charge in [-0.2, -0.15) is 0 Å². The lowest BCUT2D eigenvalue weighted by molar-refractivity contribution is 0.0818. The van der Waals surface area contributed by atoms with Crippen LogP contribution in [0.4, 0.5) is 8.78 Å². The number of guanidine groups is 1. The zero-order valence-corrected chi connectivity index (χ0v) is 17.8. The molecule has 0 aliphatic carbocycles. The summed E-state index contributed by atoms with van der Waals surface area (Å²) in [4.78, 5) is 4.21. The minimum atomic E-state index is -2.48. The molecule has 1 atom stereocenters. The summed E-state index contributed by atoms with van der Waals surface area (Å²) in [6, 6.07) is 17.4. The Labute approximate surface area is 176 Å². The lowest BCUT2D eigenvalue weighted by Crippen LogP contribution is -2.38. The van der Waals surface area contributed by atoms with Crippen molar-refractivity contribution in [2.24, 2.45) is 4.99 Å². The third-order valence-electron chi connectivity index (χ3n) is 3.90. The van der Waals surface area contributed by atoms with Crippen molar-refractivity contribution in [1.82, 2.24) is 10.6 Å². The van der Waals surface area contributed by atoms with E-state index in [2.05, 4.69) is 34.7 Å². The summed E-state index contributed by atoms with van der Waals surface area (Å²) in [5, 5.41) is 6.52. The highest BCUT2D eigenvalue weighted by molar-refractivity contribution is 14.0. The molecule has 2 rings (SSSR count). The fraction of sp³-hybridized carbons (Fsp3) is 0.350. The van der Waals surface area contributed by atoms with E-state index in [9.17, 15) is 8.78 Å². The standard InChI is InChI=1S/C20H25F2N3O.HI/c1-15(17-8-4-3-5-9-17)12-24-20(23-2)25-13-16-7-6-10-18(11-16)26-14-19(21)22;/h3-11,15,19H,12-14H2,1-2H3,(H2,23,24,25);1H. The fourth-order valence-corrected chi connectivity index (χ4v) is 2.46. The number of hydrogen-bond donors (Lipinski definition) is 2. The van der Waals surface area contributed by atoms with Crippen LogP contribution in [-0.2, 0) is 6.54 Å². The van der Waals surface area contributed by atoms with Crippen molar-refractivity contribution >= 4 is 29.9 Å². The Bertz CT molecular complexity index is 699. The topological polar surface area (TPSA) is 45.7 Å². The number of nitrogens with one attached hydrogen (secondary N) is 2. The van der Waals surface area contributed by atoms with E-state index in [0.29, 0.717) is 24.2 Å². The highest BCUT2D eigenvalue weighted by Crippen LogP contribution is 2.15. The predicted octanol–water partition coefficient (Wildman–Crippen LogP) is 4.42. The first kappa shape index (κ1) is 23.1. The van der Waals surface area contributed by atoms with Crippen molar-refractivity contribution in [3.8, 4) is 5.75 Å². The van der Waals surface area contributed by atoms with Gasteiger partial charge < -0.3 is 15.4 Å². The summed E-state index contributed by atoms with van der Waals surface area (Å²) in [6.07, 6.45) is -2.48. The van der Waals surface area contributed by atoms with Gasteiger partial charge in [0.05, 0.1) is 0 Å². The van der Waals surface area contributed by atoms with Crippen LogP contribution in [0.1, 0.15) is 24.0 Å². The van der Waals surface area contributed by atoms with Gasteiger partial charge in [0.2, 0.25) is 0 Å². The Morgan fingerprint density at radius 1 is 1.07 bits per heavy atom. The number of alkyl halides is 2. The van der Waals surface area contributed by atoms with Crippen LogP contribution >= 0.6 is 24.0 Å². The molecular weight excluding hydrogens is 463 g/mol. The summed E-state index contributed by atoms with van der Waals surface area (Å²) in [5.41, 5.74) is 2.19. The number of benzene rings is 2. The van der Waals surface area contributed by atoms with Gasteiger partial charge in [0, 0.05) is 20.1 Å². The molecule has 2 aromatic carbocycles. The molecule has 27 heavy (non-hydrogen) atoms. The van der Waals surface area contributed by atoms with Gasteiger partial charge in [-0.25, -0.2) is 8.78 Å². The molecule has 0 radical (unpaired) electrons. The first-order valence-corrected chi connectivity index (χ1v) is 8.58. The van der Waals surface area contributed by atoms with E-state index in [-0.39, 0.29) is 24.0 Å². The van der Waals surface area contributed by atoms with Gasteiger partial charge in [0.1, 0.15) is 12.4 Å². The SMILES string of the molecule is CN=C(NCc1cccc(OCC(F)F)c1)NCC(C)c1ccccc1.I. The molecule has 1 unspecified atom stereocenters. The minimum absolute atomic E-state index is 0. The second kappa shape index (κ2) is 12.5. The third-order valence-corrected chi connectivity index (χ3v) is 3.90.